The Morgan fingerprint density at radius 2 is 1.58 bits per heavy atom. The molecule has 2 aromatic rings. The maximum absolute atomic E-state index is 4.80. The first-order chi connectivity index (χ1) is 11.6. The van der Waals surface area contributed by atoms with Crippen LogP contribution in [0, 0.1) is 6.92 Å². The summed E-state index contributed by atoms with van der Waals surface area (Å²) in [6, 6.07) is 17.2. The number of halogens is 1. The van der Waals surface area contributed by atoms with Crippen LogP contribution in [0.15, 0.2) is 58.1 Å². The predicted octanol–water partition coefficient (Wildman–Crippen LogP) is 4.30. The van der Waals surface area contributed by atoms with Crippen LogP contribution in [0.5, 0.6) is 0 Å². The van der Waals surface area contributed by atoms with Crippen molar-refractivity contribution in [1.82, 2.24) is 9.91 Å². The van der Waals surface area contributed by atoms with Crippen molar-refractivity contribution in [2.75, 3.05) is 26.2 Å². The van der Waals surface area contributed by atoms with E-state index < -0.39 is 0 Å². The van der Waals surface area contributed by atoms with Crippen molar-refractivity contribution in [3.05, 3.63) is 69.7 Å². The van der Waals surface area contributed by atoms with E-state index in [1.54, 1.807) is 0 Å². The van der Waals surface area contributed by atoms with Crippen molar-refractivity contribution >= 4 is 21.6 Å². The number of hydrogen-bond acceptors (Lipinski definition) is 3. The second-order valence-electron chi connectivity index (χ2n) is 6.41. The third-order valence-electron chi connectivity index (χ3n) is 4.43. The third kappa shape index (κ3) is 4.68. The lowest BCUT2D eigenvalue weighted by atomic mass is 10.1. The topological polar surface area (TPSA) is 18.8 Å². The SMILES string of the molecule is C/C(=N\N1CCN(Cc2ccc(C)cc2)CC1)c1ccc(Br)cc1. The van der Waals surface area contributed by atoms with E-state index in [1.807, 2.05) is 0 Å². The molecule has 126 valence electrons. The monoisotopic (exact) mass is 385 g/mol. The van der Waals surface area contributed by atoms with Crippen molar-refractivity contribution in [3.63, 3.8) is 0 Å². The van der Waals surface area contributed by atoms with Gasteiger partial charge in [0.15, 0.2) is 0 Å². The van der Waals surface area contributed by atoms with Gasteiger partial charge in [-0.25, -0.2) is 0 Å². The maximum atomic E-state index is 4.80. The lowest BCUT2D eigenvalue weighted by molar-refractivity contribution is 0.130. The van der Waals surface area contributed by atoms with Crippen LogP contribution in [0.1, 0.15) is 23.6 Å². The molecule has 0 amide bonds. The zero-order valence-electron chi connectivity index (χ0n) is 14.4. The Bertz CT molecular complexity index is 684. The molecular weight excluding hydrogens is 362 g/mol. The molecule has 1 fully saturated rings. The molecule has 24 heavy (non-hydrogen) atoms. The molecular formula is C20H24BrN3. The Morgan fingerprint density at radius 3 is 2.21 bits per heavy atom. The molecule has 0 spiro atoms. The van der Waals surface area contributed by atoms with Crippen molar-refractivity contribution in [2.24, 2.45) is 5.10 Å². The Morgan fingerprint density at radius 1 is 0.958 bits per heavy atom. The Balaban J connectivity index is 1.53. The fraction of sp³-hybridized carbons (Fsp3) is 0.350. The van der Waals surface area contributed by atoms with Gasteiger partial charge in [0.1, 0.15) is 0 Å². The fourth-order valence-corrected chi connectivity index (χ4v) is 3.17. The molecule has 0 radical (unpaired) electrons. The van der Waals surface area contributed by atoms with Gasteiger partial charge in [-0.1, -0.05) is 57.9 Å². The molecule has 0 aliphatic carbocycles. The Kier molecular flexibility index (Phi) is 5.69. The minimum atomic E-state index is 0.986. The minimum absolute atomic E-state index is 0.986. The van der Waals surface area contributed by atoms with Gasteiger partial charge in [0, 0.05) is 37.2 Å². The zero-order chi connectivity index (χ0) is 16.9. The fourth-order valence-electron chi connectivity index (χ4n) is 2.91. The molecule has 4 heteroatoms. The van der Waals surface area contributed by atoms with Gasteiger partial charge in [0.2, 0.25) is 0 Å². The molecule has 3 nitrogen and oxygen atoms in total. The lowest BCUT2D eigenvalue weighted by Crippen LogP contribution is -2.43. The van der Waals surface area contributed by atoms with Crippen molar-refractivity contribution in [2.45, 2.75) is 20.4 Å². The van der Waals surface area contributed by atoms with Gasteiger partial charge in [-0.2, -0.15) is 5.10 Å². The second kappa shape index (κ2) is 7.95. The summed E-state index contributed by atoms with van der Waals surface area (Å²) in [5.41, 5.74) is 4.97. The molecule has 0 atom stereocenters. The number of aryl methyl sites for hydroxylation is 1. The van der Waals surface area contributed by atoms with Crippen molar-refractivity contribution in [1.29, 1.82) is 0 Å². The summed E-state index contributed by atoms with van der Waals surface area (Å²) in [6.45, 7) is 9.34. The first-order valence-corrected chi connectivity index (χ1v) is 9.23. The average Bonchev–Trinajstić information content (AvgIpc) is 2.59. The van der Waals surface area contributed by atoms with Crippen LogP contribution in [-0.2, 0) is 6.54 Å². The maximum Gasteiger partial charge on any atom is 0.0646 e. The van der Waals surface area contributed by atoms with Crippen molar-refractivity contribution in [3.8, 4) is 0 Å². The van der Waals surface area contributed by atoms with Gasteiger partial charge >= 0.3 is 0 Å². The van der Waals surface area contributed by atoms with Gasteiger partial charge in [-0.05, 0) is 37.1 Å². The van der Waals surface area contributed by atoms with E-state index in [2.05, 4.69) is 88.2 Å². The molecule has 1 aliphatic heterocycles. The summed E-state index contributed by atoms with van der Waals surface area (Å²) < 4.78 is 1.10. The van der Waals surface area contributed by atoms with Crippen LogP contribution in [0.25, 0.3) is 0 Å². The quantitative estimate of drug-likeness (QED) is 0.730. The summed E-state index contributed by atoms with van der Waals surface area (Å²) in [4.78, 5) is 2.51. The molecule has 0 saturated carbocycles. The van der Waals surface area contributed by atoms with Crippen LogP contribution < -0.4 is 0 Å². The number of hydrazone groups is 1. The molecule has 1 heterocycles. The standard InChI is InChI=1S/C20H24BrN3/c1-16-3-5-18(6-4-16)15-23-11-13-24(14-12-23)22-17(2)19-7-9-20(21)10-8-19/h3-10H,11-15H2,1-2H3/b22-17+. The van der Waals surface area contributed by atoms with E-state index >= 15 is 0 Å². The van der Waals surface area contributed by atoms with E-state index in [-0.39, 0.29) is 0 Å². The number of piperazine rings is 1. The van der Waals surface area contributed by atoms with Crippen LogP contribution >= 0.6 is 15.9 Å². The average molecular weight is 386 g/mol. The highest BCUT2D eigenvalue weighted by atomic mass is 79.9. The first kappa shape index (κ1) is 17.2. The number of rotatable bonds is 4. The van der Waals surface area contributed by atoms with E-state index in [9.17, 15) is 0 Å². The molecule has 3 rings (SSSR count). The highest BCUT2D eigenvalue weighted by Gasteiger charge is 2.16. The van der Waals surface area contributed by atoms with E-state index in [1.165, 1.54) is 16.7 Å². The van der Waals surface area contributed by atoms with Crippen molar-refractivity contribution < 1.29 is 0 Å². The first-order valence-electron chi connectivity index (χ1n) is 8.44. The van der Waals surface area contributed by atoms with Crippen LogP contribution in [0.3, 0.4) is 0 Å². The largest absolute Gasteiger partial charge is 0.295 e. The summed E-state index contributed by atoms with van der Waals surface area (Å²) in [5, 5.41) is 6.99. The van der Waals surface area contributed by atoms with Gasteiger partial charge < -0.3 is 0 Å². The number of benzene rings is 2. The highest BCUT2D eigenvalue weighted by Crippen LogP contribution is 2.13. The summed E-state index contributed by atoms with van der Waals surface area (Å²) >= 11 is 3.47. The lowest BCUT2D eigenvalue weighted by Gasteiger charge is -2.33. The summed E-state index contributed by atoms with van der Waals surface area (Å²) in [6.07, 6.45) is 0. The molecule has 1 saturated heterocycles. The summed E-state index contributed by atoms with van der Waals surface area (Å²) in [7, 11) is 0. The Hall–Kier alpha value is -1.65. The third-order valence-corrected chi connectivity index (χ3v) is 4.96. The van der Waals surface area contributed by atoms with Gasteiger partial charge in [0.05, 0.1) is 5.71 Å². The second-order valence-corrected chi connectivity index (χ2v) is 7.32. The number of hydrogen-bond donors (Lipinski definition) is 0. The van der Waals surface area contributed by atoms with E-state index in [4.69, 9.17) is 5.10 Å². The highest BCUT2D eigenvalue weighted by molar-refractivity contribution is 9.10. The molecule has 0 aromatic heterocycles. The summed E-state index contributed by atoms with van der Waals surface area (Å²) in [5.74, 6) is 0. The van der Waals surface area contributed by atoms with Crippen LogP contribution in [0.2, 0.25) is 0 Å². The van der Waals surface area contributed by atoms with Crippen LogP contribution in [0.4, 0.5) is 0 Å². The molecule has 0 N–H and O–H groups in total. The Labute approximate surface area is 153 Å². The van der Waals surface area contributed by atoms with Gasteiger partial charge in [-0.3, -0.25) is 9.91 Å². The molecule has 2 aromatic carbocycles. The number of nitrogens with zero attached hydrogens (tertiary/aromatic N) is 3. The molecule has 1 aliphatic rings. The normalized spacial score (nSPS) is 16.5. The minimum Gasteiger partial charge on any atom is -0.295 e. The van der Waals surface area contributed by atoms with E-state index in [0.717, 1.165) is 42.9 Å². The van der Waals surface area contributed by atoms with Gasteiger partial charge in [0.25, 0.3) is 0 Å². The zero-order valence-corrected chi connectivity index (χ0v) is 16.0. The molecule has 0 unspecified atom stereocenters. The van der Waals surface area contributed by atoms with E-state index in [0.29, 0.717) is 0 Å². The van der Waals surface area contributed by atoms with Crippen LogP contribution in [-0.4, -0.2) is 41.8 Å². The van der Waals surface area contributed by atoms with Gasteiger partial charge in [-0.15, -0.1) is 0 Å². The predicted molar refractivity (Wildman–Crippen MR) is 104 cm³/mol. The smallest absolute Gasteiger partial charge is 0.0646 e. The molecule has 0 bridgehead atoms.